The lowest BCUT2D eigenvalue weighted by molar-refractivity contribution is -0.133. The molecule has 0 bridgehead atoms. The fourth-order valence-corrected chi connectivity index (χ4v) is 3.24. The number of benzene rings is 1. The van der Waals surface area contributed by atoms with Crippen LogP contribution in [0.15, 0.2) is 48.7 Å². The van der Waals surface area contributed by atoms with Crippen LogP contribution in [0.4, 0.5) is 5.82 Å². The molecule has 156 valence electrons. The molecule has 4 rings (SSSR count). The monoisotopic (exact) mass is 408 g/mol. The molecule has 0 radical (unpaired) electrons. The minimum atomic E-state index is -0.0269. The number of aromatic nitrogens is 4. The fraction of sp³-hybridized carbons (Fsp3) is 0.333. The van der Waals surface area contributed by atoms with E-state index in [0.29, 0.717) is 37.7 Å². The first kappa shape index (κ1) is 19.7. The Morgan fingerprint density at radius 1 is 0.933 bits per heavy atom. The van der Waals surface area contributed by atoms with Crippen LogP contribution in [-0.2, 0) is 4.79 Å². The first-order valence-corrected chi connectivity index (χ1v) is 9.78. The summed E-state index contributed by atoms with van der Waals surface area (Å²) in [6.45, 7) is 4.58. The lowest BCUT2D eigenvalue weighted by Gasteiger charge is -2.35. The number of methoxy groups -OCH3 is 1. The molecule has 1 aliphatic rings. The van der Waals surface area contributed by atoms with Gasteiger partial charge in [-0.3, -0.25) is 4.79 Å². The number of aryl methyl sites for hydroxylation is 1. The molecular formula is C21H24N6O3. The Bertz CT molecular complexity index is 979. The van der Waals surface area contributed by atoms with Crippen LogP contribution in [0.2, 0.25) is 0 Å². The molecule has 0 aliphatic carbocycles. The highest BCUT2D eigenvalue weighted by Crippen LogP contribution is 2.18. The maximum absolute atomic E-state index is 12.5. The molecule has 9 heteroatoms. The van der Waals surface area contributed by atoms with E-state index in [0.717, 1.165) is 17.3 Å². The molecule has 9 nitrogen and oxygen atoms in total. The Labute approximate surface area is 174 Å². The van der Waals surface area contributed by atoms with Gasteiger partial charge in [-0.15, -0.1) is 10.2 Å². The predicted molar refractivity (Wildman–Crippen MR) is 111 cm³/mol. The van der Waals surface area contributed by atoms with Crippen molar-refractivity contribution in [3.8, 4) is 17.3 Å². The number of anilines is 1. The Kier molecular flexibility index (Phi) is 5.78. The van der Waals surface area contributed by atoms with E-state index in [-0.39, 0.29) is 12.5 Å². The van der Waals surface area contributed by atoms with E-state index in [4.69, 9.17) is 9.47 Å². The number of piperazine rings is 1. The minimum absolute atomic E-state index is 0.0180. The van der Waals surface area contributed by atoms with Crippen molar-refractivity contribution in [1.82, 2.24) is 24.9 Å². The maximum Gasteiger partial charge on any atom is 0.260 e. The van der Waals surface area contributed by atoms with Crippen LogP contribution >= 0.6 is 0 Å². The predicted octanol–water partition coefficient (Wildman–Crippen LogP) is 1.71. The highest BCUT2D eigenvalue weighted by atomic mass is 16.5. The lowest BCUT2D eigenvalue weighted by Crippen LogP contribution is -2.50. The summed E-state index contributed by atoms with van der Waals surface area (Å²) in [5.74, 6) is 2.84. The highest BCUT2D eigenvalue weighted by Gasteiger charge is 2.22. The van der Waals surface area contributed by atoms with Gasteiger partial charge in [0, 0.05) is 32.4 Å². The fourth-order valence-electron chi connectivity index (χ4n) is 3.24. The van der Waals surface area contributed by atoms with E-state index in [1.807, 2.05) is 36.2 Å². The Hall–Kier alpha value is -3.62. The molecule has 1 amide bonds. The number of nitrogens with zero attached hydrogens (tertiary/aromatic N) is 6. The van der Waals surface area contributed by atoms with Gasteiger partial charge in [0.2, 0.25) is 0 Å². The second-order valence-corrected chi connectivity index (χ2v) is 6.98. The quantitative estimate of drug-likeness (QED) is 0.614. The van der Waals surface area contributed by atoms with Crippen molar-refractivity contribution in [3.63, 3.8) is 0 Å². The van der Waals surface area contributed by atoms with Crippen molar-refractivity contribution >= 4 is 11.7 Å². The van der Waals surface area contributed by atoms with Gasteiger partial charge >= 0.3 is 0 Å². The molecule has 1 saturated heterocycles. The molecule has 0 N–H and O–H groups in total. The average Bonchev–Trinajstić information content (AvgIpc) is 3.24. The Balaban J connectivity index is 1.27. The van der Waals surface area contributed by atoms with Crippen molar-refractivity contribution in [2.75, 3.05) is 44.8 Å². The molecule has 3 heterocycles. The minimum Gasteiger partial charge on any atom is -0.497 e. The van der Waals surface area contributed by atoms with Crippen LogP contribution in [0.25, 0.3) is 5.82 Å². The van der Waals surface area contributed by atoms with E-state index < -0.39 is 0 Å². The summed E-state index contributed by atoms with van der Waals surface area (Å²) in [4.78, 5) is 16.4. The summed E-state index contributed by atoms with van der Waals surface area (Å²) >= 11 is 0. The van der Waals surface area contributed by atoms with Gasteiger partial charge in [-0.25, -0.2) is 4.68 Å². The molecule has 2 aromatic heterocycles. The topological polar surface area (TPSA) is 85.6 Å². The van der Waals surface area contributed by atoms with E-state index in [1.165, 1.54) is 0 Å². The molecule has 1 aromatic carbocycles. The largest absolute Gasteiger partial charge is 0.497 e. The zero-order valence-electron chi connectivity index (χ0n) is 17.1. The third-order valence-corrected chi connectivity index (χ3v) is 4.97. The van der Waals surface area contributed by atoms with Gasteiger partial charge in [-0.2, -0.15) is 5.10 Å². The number of carbonyl (C=O) groups is 1. The van der Waals surface area contributed by atoms with Gasteiger partial charge in [0.15, 0.2) is 18.2 Å². The third-order valence-electron chi connectivity index (χ3n) is 4.97. The number of hydrogen-bond acceptors (Lipinski definition) is 7. The molecule has 1 aliphatic heterocycles. The maximum atomic E-state index is 12.5. The standard InChI is InChI=1S/C21H24N6O3/c1-16-9-10-27(24-16)20-8-7-19(22-23-20)25-11-13-26(14-12-25)21(28)15-30-18-5-3-17(29-2)4-6-18/h3-10H,11-15H2,1-2H3. The van der Waals surface area contributed by atoms with Crippen LogP contribution in [0.3, 0.4) is 0 Å². The van der Waals surface area contributed by atoms with Gasteiger partial charge in [0.1, 0.15) is 11.5 Å². The summed E-state index contributed by atoms with van der Waals surface area (Å²) < 4.78 is 12.4. The zero-order valence-corrected chi connectivity index (χ0v) is 17.1. The summed E-state index contributed by atoms with van der Waals surface area (Å²) in [7, 11) is 1.61. The van der Waals surface area contributed by atoms with Crippen LogP contribution in [0.5, 0.6) is 11.5 Å². The first-order valence-electron chi connectivity index (χ1n) is 9.78. The number of ether oxygens (including phenoxy) is 2. The SMILES string of the molecule is COc1ccc(OCC(=O)N2CCN(c3ccc(-n4ccc(C)n4)nn3)CC2)cc1. The molecule has 0 unspecified atom stereocenters. The number of amides is 1. The van der Waals surface area contributed by atoms with Crippen LogP contribution in [-0.4, -0.2) is 70.7 Å². The van der Waals surface area contributed by atoms with Crippen LogP contribution < -0.4 is 14.4 Å². The molecular weight excluding hydrogens is 384 g/mol. The molecule has 0 atom stereocenters. The first-order chi connectivity index (χ1) is 14.6. The summed E-state index contributed by atoms with van der Waals surface area (Å²) in [6, 6.07) is 12.9. The van der Waals surface area contributed by atoms with Gasteiger partial charge in [-0.1, -0.05) is 0 Å². The summed E-state index contributed by atoms with van der Waals surface area (Å²) in [6.07, 6.45) is 1.86. The molecule has 1 fully saturated rings. The van der Waals surface area contributed by atoms with Gasteiger partial charge in [0.05, 0.1) is 12.8 Å². The van der Waals surface area contributed by atoms with Crippen LogP contribution in [0.1, 0.15) is 5.69 Å². The highest BCUT2D eigenvalue weighted by molar-refractivity contribution is 5.78. The second kappa shape index (κ2) is 8.81. The van der Waals surface area contributed by atoms with Crippen molar-refractivity contribution in [1.29, 1.82) is 0 Å². The van der Waals surface area contributed by atoms with Crippen molar-refractivity contribution < 1.29 is 14.3 Å². The van der Waals surface area contributed by atoms with Gasteiger partial charge < -0.3 is 19.3 Å². The number of hydrogen-bond donors (Lipinski definition) is 0. The average molecular weight is 408 g/mol. The number of rotatable bonds is 6. The molecule has 3 aromatic rings. The third kappa shape index (κ3) is 4.51. The molecule has 0 saturated carbocycles. The zero-order chi connectivity index (χ0) is 20.9. The molecule has 0 spiro atoms. The van der Waals surface area contributed by atoms with Gasteiger partial charge in [-0.05, 0) is 49.4 Å². The van der Waals surface area contributed by atoms with Crippen molar-refractivity contribution in [3.05, 3.63) is 54.4 Å². The normalized spacial score (nSPS) is 13.9. The van der Waals surface area contributed by atoms with E-state index in [2.05, 4.69) is 20.2 Å². The van der Waals surface area contributed by atoms with Crippen LogP contribution in [0, 0.1) is 6.92 Å². The Morgan fingerprint density at radius 2 is 1.60 bits per heavy atom. The Morgan fingerprint density at radius 3 is 2.20 bits per heavy atom. The van der Waals surface area contributed by atoms with Gasteiger partial charge in [0.25, 0.3) is 5.91 Å². The smallest absolute Gasteiger partial charge is 0.260 e. The lowest BCUT2D eigenvalue weighted by atomic mass is 10.3. The van der Waals surface area contributed by atoms with Crippen molar-refractivity contribution in [2.45, 2.75) is 6.92 Å². The summed E-state index contributed by atoms with van der Waals surface area (Å²) in [5.41, 5.74) is 0.928. The summed E-state index contributed by atoms with van der Waals surface area (Å²) in [5, 5.41) is 12.9. The van der Waals surface area contributed by atoms with E-state index in [9.17, 15) is 4.79 Å². The van der Waals surface area contributed by atoms with E-state index >= 15 is 0 Å². The second-order valence-electron chi connectivity index (χ2n) is 6.98. The molecule has 30 heavy (non-hydrogen) atoms. The van der Waals surface area contributed by atoms with Crippen molar-refractivity contribution in [2.24, 2.45) is 0 Å². The van der Waals surface area contributed by atoms with E-state index in [1.54, 1.807) is 36.1 Å². The number of carbonyl (C=O) groups excluding carboxylic acids is 1.